The third-order valence-corrected chi connectivity index (χ3v) is 27.0. The van der Waals surface area contributed by atoms with Crippen LogP contribution in [0.25, 0.3) is 176 Å². The summed E-state index contributed by atoms with van der Waals surface area (Å²) in [5.74, 6) is 0. The topological polar surface area (TPSA) is 9.72 Å². The van der Waals surface area contributed by atoms with Crippen molar-refractivity contribution in [1.29, 1.82) is 0 Å². The second kappa shape index (κ2) is 38.7. The highest BCUT2D eigenvalue weighted by Crippen LogP contribution is 2.47. The molecule has 0 saturated carbocycles. The summed E-state index contributed by atoms with van der Waals surface area (Å²) < 4.78 is 0. The lowest BCUT2D eigenvalue weighted by Crippen LogP contribution is -2.10. The average molecular weight is 1770 g/mol. The monoisotopic (exact) mass is 1770 g/mol. The molecule has 139 heavy (non-hydrogen) atoms. The van der Waals surface area contributed by atoms with E-state index in [0.29, 0.717) is 0 Å². The van der Waals surface area contributed by atoms with Gasteiger partial charge in [0.2, 0.25) is 0 Å². The minimum Gasteiger partial charge on any atom is -0.311 e. The van der Waals surface area contributed by atoms with E-state index in [2.05, 4.69) is 591 Å². The van der Waals surface area contributed by atoms with Crippen LogP contribution in [0.3, 0.4) is 0 Å². The SMILES string of the molecule is c1ccc(-c2ccc(N(c3ccc(-c4ccc5ccccc5c4)cc3)c3ccc(-c4ccc5ccccc5c4)cc3)cc2)cc1.c1ccc(-c2ccc(N(c3ccc(-c4ccc5ccccc5c4)cc3)c3ccc(-c4cccc5ccccc45)c4ccccc34)cc2)cc1.c1ccc(-c2ccc(N(c3ccc(-c4ccc5ccccc5c4)cc3)c3ccc(-c4cccc5ccccc45)cc3)cc2)cc1. The molecular weight excluding hydrogens is 1680 g/mol. The molecule has 25 rings (SSSR count). The third kappa shape index (κ3) is 18.0. The van der Waals surface area contributed by atoms with Crippen molar-refractivity contribution in [3.05, 3.63) is 576 Å². The van der Waals surface area contributed by atoms with Gasteiger partial charge in [-0.1, -0.05) is 449 Å². The van der Waals surface area contributed by atoms with Gasteiger partial charge in [-0.3, -0.25) is 0 Å². The third-order valence-electron chi connectivity index (χ3n) is 27.0. The maximum atomic E-state index is 2.40. The normalized spacial score (nSPS) is 11.2. The number of hydrogen-bond acceptors (Lipinski definition) is 3. The minimum absolute atomic E-state index is 1.11. The van der Waals surface area contributed by atoms with Gasteiger partial charge in [0.25, 0.3) is 0 Å². The number of anilines is 9. The van der Waals surface area contributed by atoms with Gasteiger partial charge in [0, 0.05) is 50.9 Å². The Morgan fingerprint density at radius 1 is 0.0935 bits per heavy atom. The standard InChI is InChI=1S/C48H33N.2C44H31N/c1-2-11-34(12-3-1)36-23-27-41(28-24-36)49(42-29-25-37(26-30-42)40-22-21-35-13-4-5-15-39(35)33-40)48-32-31-46(45-18-8-9-19-47(45)48)44-20-10-16-38-14-6-7-17-43(38)44;1-2-8-32(9-3-1)35-18-24-42(25-19-35)45(43-26-20-36(21-27-43)40-16-14-33-10-4-6-12-38(33)30-40)44-28-22-37(23-29-44)41-17-15-34-11-5-7-13-39(34)31-41;1-2-9-32(10-3-1)34-19-25-40(26-20-34)45(41-27-21-35(22-28-41)39-18-17-33-11-4-5-13-38(33)31-39)42-29-23-37(24-30-42)44-16-8-14-36-12-6-7-15-43(36)44/h1-33H;2*1-31H. The largest absolute Gasteiger partial charge is 0.311 e. The zero-order valence-electron chi connectivity index (χ0n) is 76.7. The maximum Gasteiger partial charge on any atom is 0.0540 e. The van der Waals surface area contributed by atoms with Crippen molar-refractivity contribution in [2.45, 2.75) is 0 Å². The first-order valence-electron chi connectivity index (χ1n) is 47.7. The van der Waals surface area contributed by atoms with Crippen LogP contribution in [0, 0.1) is 0 Å². The van der Waals surface area contributed by atoms with E-state index >= 15 is 0 Å². The molecule has 25 aromatic carbocycles. The molecule has 0 fully saturated rings. The highest BCUT2D eigenvalue weighted by Gasteiger charge is 2.22. The molecule has 0 radical (unpaired) electrons. The minimum atomic E-state index is 1.11. The summed E-state index contributed by atoms with van der Waals surface area (Å²) in [6.07, 6.45) is 0. The van der Waals surface area contributed by atoms with Gasteiger partial charge in [0.05, 0.1) is 5.69 Å². The van der Waals surface area contributed by atoms with Crippen LogP contribution in [0.2, 0.25) is 0 Å². The van der Waals surface area contributed by atoms with Crippen molar-refractivity contribution in [2.24, 2.45) is 0 Å². The molecule has 3 heteroatoms. The van der Waals surface area contributed by atoms with E-state index in [1.807, 2.05) is 0 Å². The first kappa shape index (κ1) is 84.9. The Morgan fingerprint density at radius 2 is 0.295 bits per heavy atom. The predicted molar refractivity (Wildman–Crippen MR) is 595 cm³/mol. The Balaban J connectivity index is 0.000000117. The lowest BCUT2D eigenvalue weighted by atomic mass is 9.93. The maximum absolute atomic E-state index is 2.40. The molecule has 0 aliphatic heterocycles. The Morgan fingerprint density at radius 3 is 0.604 bits per heavy atom. The van der Waals surface area contributed by atoms with Crippen LogP contribution in [-0.4, -0.2) is 0 Å². The van der Waals surface area contributed by atoms with Gasteiger partial charge in [-0.15, -0.1) is 0 Å². The summed E-state index contributed by atoms with van der Waals surface area (Å²) in [7, 11) is 0. The summed E-state index contributed by atoms with van der Waals surface area (Å²) in [6.45, 7) is 0. The van der Waals surface area contributed by atoms with Crippen LogP contribution >= 0.6 is 0 Å². The van der Waals surface area contributed by atoms with Crippen LogP contribution in [0.5, 0.6) is 0 Å². The number of rotatable bonds is 18. The fourth-order valence-electron chi connectivity index (χ4n) is 19.8. The highest BCUT2D eigenvalue weighted by atomic mass is 15.2. The Kier molecular flexibility index (Phi) is 23.7. The van der Waals surface area contributed by atoms with Crippen LogP contribution in [-0.2, 0) is 0 Å². The van der Waals surface area contributed by atoms with Crippen molar-refractivity contribution in [3.63, 3.8) is 0 Å². The van der Waals surface area contributed by atoms with Gasteiger partial charge in [-0.25, -0.2) is 0 Å². The van der Waals surface area contributed by atoms with Crippen LogP contribution in [0.1, 0.15) is 0 Å². The molecule has 0 heterocycles. The van der Waals surface area contributed by atoms with E-state index in [9.17, 15) is 0 Å². The fourth-order valence-corrected chi connectivity index (χ4v) is 19.8. The van der Waals surface area contributed by atoms with E-state index in [0.717, 1.165) is 51.2 Å². The second-order valence-corrected chi connectivity index (χ2v) is 35.5. The summed E-state index contributed by atoms with van der Waals surface area (Å²) in [5.41, 5.74) is 32.0. The lowest BCUT2D eigenvalue weighted by Gasteiger charge is -2.28. The predicted octanol–water partition coefficient (Wildman–Crippen LogP) is 38.5. The van der Waals surface area contributed by atoms with Gasteiger partial charge in [-0.2, -0.15) is 0 Å². The quantitative estimate of drug-likeness (QED) is 0.0848. The highest BCUT2D eigenvalue weighted by molar-refractivity contribution is 6.11. The summed E-state index contributed by atoms with van der Waals surface area (Å²) in [5, 5.41) is 17.5. The lowest BCUT2D eigenvalue weighted by molar-refractivity contribution is 1.28. The van der Waals surface area contributed by atoms with Crippen molar-refractivity contribution in [2.75, 3.05) is 14.7 Å². The molecule has 0 spiro atoms. The molecule has 0 aliphatic rings. The van der Waals surface area contributed by atoms with Gasteiger partial charge in [-0.05, 0) is 298 Å². The van der Waals surface area contributed by atoms with Gasteiger partial charge < -0.3 is 14.7 Å². The van der Waals surface area contributed by atoms with Gasteiger partial charge in [0.15, 0.2) is 0 Å². The molecule has 25 aromatic rings. The number of benzene rings is 25. The first-order chi connectivity index (χ1) is 68.9. The van der Waals surface area contributed by atoms with Crippen LogP contribution < -0.4 is 14.7 Å². The smallest absolute Gasteiger partial charge is 0.0540 e. The van der Waals surface area contributed by atoms with Crippen LogP contribution in [0.4, 0.5) is 51.2 Å². The molecule has 0 unspecified atom stereocenters. The molecule has 0 atom stereocenters. The van der Waals surface area contributed by atoms with E-state index in [4.69, 9.17) is 0 Å². The van der Waals surface area contributed by atoms with E-state index in [-0.39, 0.29) is 0 Å². The van der Waals surface area contributed by atoms with E-state index < -0.39 is 0 Å². The Bertz CT molecular complexity index is 8520. The van der Waals surface area contributed by atoms with Gasteiger partial charge >= 0.3 is 0 Å². The molecular formula is C136H95N3. The first-order valence-corrected chi connectivity index (χ1v) is 47.7. The molecule has 3 nitrogen and oxygen atoms in total. The van der Waals surface area contributed by atoms with Crippen molar-refractivity contribution in [3.8, 4) is 100 Å². The molecule has 0 aromatic heterocycles. The van der Waals surface area contributed by atoms with Crippen LogP contribution in [0.15, 0.2) is 576 Å². The molecule has 0 N–H and O–H groups in total. The number of fused-ring (bicyclic) bond motifs is 7. The zero-order valence-corrected chi connectivity index (χ0v) is 76.7. The number of nitrogens with zero attached hydrogens (tertiary/aromatic N) is 3. The van der Waals surface area contributed by atoms with Crippen molar-refractivity contribution in [1.82, 2.24) is 0 Å². The van der Waals surface area contributed by atoms with Gasteiger partial charge in [0.1, 0.15) is 0 Å². The van der Waals surface area contributed by atoms with E-state index in [1.165, 1.54) is 176 Å². The van der Waals surface area contributed by atoms with Crippen molar-refractivity contribution >= 4 is 127 Å². The molecule has 0 aliphatic carbocycles. The Labute approximate surface area is 811 Å². The summed E-state index contributed by atoms with van der Waals surface area (Å²) in [4.78, 5) is 7.07. The fraction of sp³-hybridized carbons (Fsp3) is 0. The number of hydrogen-bond donors (Lipinski definition) is 0. The summed E-state index contributed by atoms with van der Waals surface area (Å²) >= 11 is 0. The van der Waals surface area contributed by atoms with Crippen molar-refractivity contribution < 1.29 is 0 Å². The molecule has 0 saturated heterocycles. The molecule has 654 valence electrons. The Hall–Kier alpha value is -18.3. The molecule has 0 bridgehead atoms. The van der Waals surface area contributed by atoms with E-state index in [1.54, 1.807) is 0 Å². The second-order valence-electron chi connectivity index (χ2n) is 35.5. The average Bonchev–Trinajstić information content (AvgIpc) is 0.742. The summed E-state index contributed by atoms with van der Waals surface area (Å²) in [6, 6.07) is 208. The zero-order chi connectivity index (χ0) is 92.6. The molecule has 0 amide bonds.